The Morgan fingerprint density at radius 1 is 1.38 bits per heavy atom. The molecule has 0 radical (unpaired) electrons. The number of thiazole rings is 1. The van der Waals surface area contributed by atoms with E-state index >= 15 is 0 Å². The Balaban J connectivity index is 2.49. The van der Waals surface area contributed by atoms with Crippen LogP contribution in [0.15, 0.2) is 26.3 Å². The molecule has 0 spiro atoms. The number of amides is 1. The number of carbonyl (C=O) groups is 1. The number of carbonyl (C=O) groups excluding carboxylic acids is 1. The van der Waals surface area contributed by atoms with Gasteiger partial charge in [-0.2, -0.15) is 13.5 Å². The van der Waals surface area contributed by atoms with Gasteiger partial charge < -0.3 is 0 Å². The number of hydrogen-bond donors (Lipinski definition) is 1. The quantitative estimate of drug-likeness (QED) is 0.800. The van der Waals surface area contributed by atoms with Crippen LogP contribution in [0, 0.1) is 0 Å². The maximum Gasteiger partial charge on any atom is 0.305 e. The molecule has 0 saturated heterocycles. The summed E-state index contributed by atoms with van der Waals surface area (Å²) in [6.07, 6.45) is 0.987. The van der Waals surface area contributed by atoms with Gasteiger partial charge in [0.05, 0.1) is 11.9 Å². The second-order valence-electron chi connectivity index (χ2n) is 2.93. The summed E-state index contributed by atoms with van der Waals surface area (Å²) in [5.74, 6) is -0.561. The number of azo groups is 1. The number of rotatable bonds is 2. The van der Waals surface area contributed by atoms with Crippen molar-refractivity contribution in [2.75, 3.05) is 0 Å². The summed E-state index contributed by atoms with van der Waals surface area (Å²) in [5.41, 5.74) is 0.543. The normalized spacial score (nSPS) is 16.2. The minimum absolute atomic E-state index is 0.167. The smallest absolute Gasteiger partial charge is 0.281 e. The van der Waals surface area contributed by atoms with Crippen molar-refractivity contribution in [3.05, 3.63) is 16.9 Å². The van der Waals surface area contributed by atoms with E-state index < -0.39 is 16.0 Å². The van der Waals surface area contributed by atoms with Gasteiger partial charge in [0.25, 0.3) is 5.91 Å². The van der Waals surface area contributed by atoms with E-state index in [4.69, 9.17) is 4.55 Å². The van der Waals surface area contributed by atoms with Gasteiger partial charge in [0.1, 0.15) is 10.6 Å². The third-order valence-electron chi connectivity index (χ3n) is 1.82. The zero-order valence-electron chi connectivity index (χ0n) is 7.91. The fraction of sp³-hybridized carbons (Fsp3) is 0.143. The molecule has 7 nitrogen and oxygen atoms in total. The first kappa shape index (κ1) is 11.0. The lowest BCUT2D eigenvalue weighted by Gasteiger charge is -1.92. The molecular formula is C7H5N3O4S2. The molecule has 0 saturated carbocycles. The van der Waals surface area contributed by atoms with Crippen LogP contribution in [0.4, 0.5) is 0 Å². The SMILES string of the molecule is CC1=C(c2ncc(S(=O)(=O)O)s2)C(=O)N=N1. The first-order valence-electron chi connectivity index (χ1n) is 4.00. The van der Waals surface area contributed by atoms with E-state index in [0.29, 0.717) is 17.0 Å². The van der Waals surface area contributed by atoms with Crippen molar-refractivity contribution in [2.24, 2.45) is 10.2 Å². The average molecular weight is 259 g/mol. The molecule has 1 amide bonds. The minimum atomic E-state index is -4.29. The van der Waals surface area contributed by atoms with Crippen LogP contribution in [-0.4, -0.2) is 23.9 Å². The van der Waals surface area contributed by atoms with E-state index in [0.717, 1.165) is 6.20 Å². The van der Waals surface area contributed by atoms with Gasteiger partial charge in [-0.05, 0) is 6.92 Å². The van der Waals surface area contributed by atoms with E-state index in [2.05, 4.69) is 15.2 Å². The highest BCUT2D eigenvalue weighted by atomic mass is 32.3. The van der Waals surface area contributed by atoms with E-state index in [-0.39, 0.29) is 14.8 Å². The molecular weight excluding hydrogens is 254 g/mol. The summed E-state index contributed by atoms with van der Waals surface area (Å²) in [6, 6.07) is 0. The molecule has 0 unspecified atom stereocenters. The van der Waals surface area contributed by atoms with Crippen LogP contribution in [0.3, 0.4) is 0 Å². The first-order valence-corrected chi connectivity index (χ1v) is 6.26. The molecule has 0 aromatic carbocycles. The summed E-state index contributed by atoms with van der Waals surface area (Å²) in [6.45, 7) is 1.57. The van der Waals surface area contributed by atoms with Crippen LogP contribution >= 0.6 is 11.3 Å². The van der Waals surface area contributed by atoms with E-state index in [1.165, 1.54) is 0 Å². The van der Waals surface area contributed by atoms with Gasteiger partial charge in [-0.3, -0.25) is 9.35 Å². The fourth-order valence-electron chi connectivity index (χ4n) is 1.12. The van der Waals surface area contributed by atoms with Crippen LogP contribution in [0.1, 0.15) is 11.9 Å². The summed E-state index contributed by atoms with van der Waals surface area (Å²) < 4.78 is 30.1. The fourth-order valence-corrected chi connectivity index (χ4v) is 2.70. The lowest BCUT2D eigenvalue weighted by atomic mass is 10.2. The zero-order chi connectivity index (χ0) is 11.9. The topological polar surface area (TPSA) is 109 Å². The Bertz CT molecular complexity index is 626. The highest BCUT2D eigenvalue weighted by Gasteiger charge is 2.25. The summed E-state index contributed by atoms with van der Waals surface area (Å²) in [7, 11) is -4.29. The van der Waals surface area contributed by atoms with Crippen LogP contribution < -0.4 is 0 Å². The van der Waals surface area contributed by atoms with Gasteiger partial charge in [0.15, 0.2) is 4.21 Å². The Hall–Kier alpha value is -1.45. The predicted molar refractivity (Wildman–Crippen MR) is 54.4 cm³/mol. The van der Waals surface area contributed by atoms with Crippen LogP contribution in [0.5, 0.6) is 0 Å². The third-order valence-corrected chi connectivity index (χ3v) is 4.12. The van der Waals surface area contributed by atoms with Crippen LogP contribution in [-0.2, 0) is 14.9 Å². The Morgan fingerprint density at radius 2 is 2.06 bits per heavy atom. The number of nitrogens with zero attached hydrogens (tertiary/aromatic N) is 3. The highest BCUT2D eigenvalue weighted by Crippen LogP contribution is 2.30. The Kier molecular flexibility index (Phi) is 2.45. The van der Waals surface area contributed by atoms with Gasteiger partial charge in [-0.15, -0.1) is 5.11 Å². The van der Waals surface area contributed by atoms with E-state index in [1.54, 1.807) is 6.92 Å². The summed E-state index contributed by atoms with van der Waals surface area (Å²) in [4.78, 5) is 15.0. The van der Waals surface area contributed by atoms with Gasteiger partial charge >= 0.3 is 10.1 Å². The molecule has 2 heterocycles. The maximum atomic E-state index is 11.3. The Morgan fingerprint density at radius 3 is 2.50 bits per heavy atom. The third kappa shape index (κ3) is 1.79. The second kappa shape index (κ2) is 3.54. The van der Waals surface area contributed by atoms with Crippen LogP contribution in [0.2, 0.25) is 0 Å². The molecule has 0 atom stereocenters. The van der Waals surface area contributed by atoms with Gasteiger partial charge in [-0.1, -0.05) is 11.3 Å². The van der Waals surface area contributed by atoms with Crippen molar-refractivity contribution < 1.29 is 17.8 Å². The van der Waals surface area contributed by atoms with Crippen LogP contribution in [0.25, 0.3) is 5.57 Å². The van der Waals surface area contributed by atoms with Crippen molar-refractivity contribution in [3.8, 4) is 0 Å². The molecule has 1 aromatic rings. The molecule has 16 heavy (non-hydrogen) atoms. The second-order valence-corrected chi connectivity index (χ2v) is 5.60. The molecule has 0 aliphatic carbocycles. The van der Waals surface area contributed by atoms with Gasteiger partial charge in [0.2, 0.25) is 0 Å². The predicted octanol–water partition coefficient (Wildman–Crippen LogP) is 1.11. The molecule has 1 aliphatic heterocycles. The molecule has 0 bridgehead atoms. The van der Waals surface area contributed by atoms with Crippen molar-refractivity contribution in [1.82, 2.24) is 4.98 Å². The number of allylic oxidation sites excluding steroid dienone is 1. The maximum absolute atomic E-state index is 11.3. The Labute approximate surface area is 94.3 Å². The van der Waals surface area contributed by atoms with Crippen molar-refractivity contribution in [1.29, 1.82) is 0 Å². The van der Waals surface area contributed by atoms with Crippen molar-refractivity contribution >= 4 is 32.9 Å². The molecule has 2 rings (SSSR count). The minimum Gasteiger partial charge on any atom is -0.281 e. The first-order chi connectivity index (χ1) is 7.39. The van der Waals surface area contributed by atoms with E-state index in [9.17, 15) is 13.2 Å². The lowest BCUT2D eigenvalue weighted by Crippen LogP contribution is -1.94. The number of aromatic nitrogens is 1. The molecule has 1 aromatic heterocycles. The molecule has 0 fully saturated rings. The molecule has 9 heteroatoms. The standard InChI is InChI=1S/C7H5N3O4S2/c1-3-5(6(11)10-9-3)7-8-2-4(15-7)16(12,13)14/h2H,1H3,(H,12,13,14). The summed E-state index contributed by atoms with van der Waals surface area (Å²) >= 11 is 0.697. The van der Waals surface area contributed by atoms with Crippen molar-refractivity contribution in [2.45, 2.75) is 11.1 Å². The lowest BCUT2D eigenvalue weighted by molar-refractivity contribution is -0.112. The zero-order valence-corrected chi connectivity index (χ0v) is 9.54. The molecule has 1 N–H and O–H groups in total. The van der Waals surface area contributed by atoms with Crippen molar-refractivity contribution in [3.63, 3.8) is 0 Å². The monoisotopic (exact) mass is 259 g/mol. The number of hydrogen-bond acceptors (Lipinski definition) is 6. The van der Waals surface area contributed by atoms with Gasteiger partial charge in [-0.25, -0.2) is 4.98 Å². The molecule has 1 aliphatic rings. The highest BCUT2D eigenvalue weighted by molar-refractivity contribution is 7.88. The largest absolute Gasteiger partial charge is 0.305 e. The van der Waals surface area contributed by atoms with Gasteiger partial charge in [0, 0.05) is 0 Å². The molecule has 84 valence electrons. The summed E-state index contributed by atoms with van der Waals surface area (Å²) in [5, 5.41) is 7.05. The van der Waals surface area contributed by atoms with E-state index in [1.807, 2.05) is 0 Å². The average Bonchev–Trinajstić information content (AvgIpc) is 2.72.